The molecule has 0 spiro atoms. The Labute approximate surface area is 124 Å². The zero-order chi connectivity index (χ0) is 13.1. The minimum Gasteiger partial charge on any atom is -0.497 e. The molecule has 1 aliphatic rings. The normalized spacial score (nSPS) is 18.4. The highest BCUT2D eigenvalue weighted by Crippen LogP contribution is 2.25. The molecule has 1 aromatic carbocycles. The number of ether oxygens (including phenoxy) is 1. The van der Waals surface area contributed by atoms with E-state index < -0.39 is 0 Å². The molecule has 1 fully saturated rings. The van der Waals surface area contributed by atoms with Crippen molar-refractivity contribution >= 4 is 12.4 Å². The molecule has 0 amide bonds. The fourth-order valence-corrected chi connectivity index (χ4v) is 2.32. The smallest absolute Gasteiger partial charge is 0.244 e. The largest absolute Gasteiger partial charge is 0.497 e. The fraction of sp³-hybridized carbons (Fsp3) is 0.429. The van der Waals surface area contributed by atoms with Crippen LogP contribution in [0.1, 0.15) is 31.2 Å². The molecule has 0 bridgehead atoms. The first kappa shape index (κ1) is 14.8. The number of methoxy groups -OCH3 is 1. The predicted octanol–water partition coefficient (Wildman–Crippen LogP) is 2.98. The van der Waals surface area contributed by atoms with Crippen molar-refractivity contribution in [1.29, 1.82) is 0 Å². The van der Waals surface area contributed by atoms with Crippen LogP contribution < -0.4 is 10.1 Å². The van der Waals surface area contributed by atoms with Crippen LogP contribution in [-0.2, 0) is 0 Å². The number of hydrogen-bond acceptors (Lipinski definition) is 5. The highest BCUT2D eigenvalue weighted by Gasteiger charge is 2.21. The van der Waals surface area contributed by atoms with Gasteiger partial charge in [0, 0.05) is 5.56 Å². The summed E-state index contributed by atoms with van der Waals surface area (Å²) in [6, 6.07) is 7.87. The van der Waals surface area contributed by atoms with E-state index >= 15 is 0 Å². The molecule has 1 aliphatic heterocycles. The maximum Gasteiger partial charge on any atom is 0.244 e. The Morgan fingerprint density at radius 2 is 2.25 bits per heavy atom. The van der Waals surface area contributed by atoms with Gasteiger partial charge < -0.3 is 14.6 Å². The molecule has 0 aliphatic carbocycles. The Hall–Kier alpha value is -1.59. The van der Waals surface area contributed by atoms with Crippen molar-refractivity contribution in [3.05, 3.63) is 30.2 Å². The Balaban J connectivity index is 0.00000147. The third-order valence-electron chi connectivity index (χ3n) is 3.38. The lowest BCUT2D eigenvalue weighted by Crippen LogP contribution is -2.26. The summed E-state index contributed by atoms with van der Waals surface area (Å²) in [6.07, 6.45) is 3.47. The lowest BCUT2D eigenvalue weighted by atomic mass is 10.1. The number of benzene rings is 1. The molecule has 1 saturated heterocycles. The summed E-state index contributed by atoms with van der Waals surface area (Å²) in [5.41, 5.74) is 0.908. The molecule has 20 heavy (non-hydrogen) atoms. The van der Waals surface area contributed by atoms with E-state index in [9.17, 15) is 0 Å². The van der Waals surface area contributed by atoms with Crippen molar-refractivity contribution in [2.45, 2.75) is 25.3 Å². The van der Waals surface area contributed by atoms with Crippen LogP contribution >= 0.6 is 12.4 Å². The zero-order valence-corrected chi connectivity index (χ0v) is 12.2. The lowest BCUT2D eigenvalue weighted by molar-refractivity contribution is 0.297. The summed E-state index contributed by atoms with van der Waals surface area (Å²) in [5.74, 6) is 2.08. The summed E-state index contributed by atoms with van der Waals surface area (Å²) in [4.78, 5) is 4.48. The molecule has 1 unspecified atom stereocenters. The second kappa shape index (κ2) is 6.72. The second-order valence-corrected chi connectivity index (χ2v) is 4.69. The molecule has 2 heterocycles. The van der Waals surface area contributed by atoms with Gasteiger partial charge in [0.15, 0.2) is 0 Å². The van der Waals surface area contributed by atoms with Gasteiger partial charge in [-0.1, -0.05) is 23.7 Å². The van der Waals surface area contributed by atoms with Gasteiger partial charge in [0.2, 0.25) is 11.7 Å². The minimum absolute atomic E-state index is 0. The molecule has 0 radical (unpaired) electrons. The van der Waals surface area contributed by atoms with Crippen LogP contribution in [0.3, 0.4) is 0 Å². The highest BCUT2D eigenvalue weighted by molar-refractivity contribution is 5.85. The van der Waals surface area contributed by atoms with Crippen LogP contribution in [0.2, 0.25) is 0 Å². The molecule has 5 nitrogen and oxygen atoms in total. The number of piperidine rings is 1. The summed E-state index contributed by atoms with van der Waals surface area (Å²) in [5, 5.41) is 7.46. The van der Waals surface area contributed by atoms with Crippen LogP contribution in [0.4, 0.5) is 0 Å². The van der Waals surface area contributed by atoms with Gasteiger partial charge in [0.05, 0.1) is 13.2 Å². The number of nitrogens with one attached hydrogen (secondary N) is 1. The third kappa shape index (κ3) is 3.11. The molecule has 1 atom stereocenters. The van der Waals surface area contributed by atoms with Crippen LogP contribution in [0.25, 0.3) is 11.4 Å². The van der Waals surface area contributed by atoms with Gasteiger partial charge in [-0.05, 0) is 31.5 Å². The standard InChI is InChI=1S/C14H17N3O2.ClH/c1-18-11-6-4-5-10(9-11)13-16-14(19-17-13)12-7-2-3-8-15-12;/h4-6,9,12,15H,2-3,7-8H2,1H3;1H. The zero-order valence-electron chi connectivity index (χ0n) is 11.3. The van der Waals surface area contributed by atoms with Gasteiger partial charge in [-0.25, -0.2) is 0 Å². The van der Waals surface area contributed by atoms with E-state index in [0.717, 1.165) is 24.3 Å². The first-order valence-corrected chi connectivity index (χ1v) is 6.58. The van der Waals surface area contributed by atoms with E-state index in [1.54, 1.807) is 7.11 Å². The van der Waals surface area contributed by atoms with Crippen molar-refractivity contribution in [3.8, 4) is 17.1 Å². The predicted molar refractivity (Wildman–Crippen MR) is 78.1 cm³/mol. The average Bonchev–Trinajstić information content (AvgIpc) is 2.98. The number of aromatic nitrogens is 2. The number of nitrogens with zero attached hydrogens (tertiary/aromatic N) is 2. The molecular weight excluding hydrogens is 278 g/mol. The van der Waals surface area contributed by atoms with E-state index in [2.05, 4.69) is 15.5 Å². The SMILES string of the molecule is COc1cccc(-c2noc(C3CCCCN3)n2)c1.Cl. The van der Waals surface area contributed by atoms with Crippen molar-refractivity contribution in [3.63, 3.8) is 0 Å². The monoisotopic (exact) mass is 295 g/mol. The Bertz CT molecular complexity index is 553. The Morgan fingerprint density at radius 1 is 1.35 bits per heavy atom. The van der Waals surface area contributed by atoms with Crippen LogP contribution in [0, 0.1) is 0 Å². The summed E-state index contributed by atoms with van der Waals surface area (Å²) < 4.78 is 10.6. The van der Waals surface area contributed by atoms with Crippen molar-refractivity contribution in [2.75, 3.05) is 13.7 Å². The van der Waals surface area contributed by atoms with Crippen molar-refractivity contribution in [2.24, 2.45) is 0 Å². The summed E-state index contributed by atoms with van der Waals surface area (Å²) in [6.45, 7) is 1.02. The van der Waals surface area contributed by atoms with Gasteiger partial charge >= 0.3 is 0 Å². The molecule has 108 valence electrons. The number of rotatable bonds is 3. The molecule has 3 rings (SSSR count). The van der Waals surface area contributed by atoms with Gasteiger partial charge in [0.25, 0.3) is 0 Å². The van der Waals surface area contributed by atoms with Crippen LogP contribution in [-0.4, -0.2) is 23.8 Å². The Kier molecular flexibility index (Phi) is 4.98. The second-order valence-electron chi connectivity index (χ2n) is 4.69. The molecule has 1 N–H and O–H groups in total. The lowest BCUT2D eigenvalue weighted by Gasteiger charge is -2.19. The van der Waals surface area contributed by atoms with E-state index in [1.807, 2.05) is 24.3 Å². The molecule has 0 saturated carbocycles. The first-order chi connectivity index (χ1) is 9.36. The highest BCUT2D eigenvalue weighted by atomic mass is 35.5. The molecule has 6 heteroatoms. The first-order valence-electron chi connectivity index (χ1n) is 6.58. The minimum atomic E-state index is 0. The summed E-state index contributed by atoms with van der Waals surface area (Å²) >= 11 is 0. The van der Waals surface area contributed by atoms with Gasteiger partial charge in [-0.15, -0.1) is 12.4 Å². The summed E-state index contributed by atoms with van der Waals surface area (Å²) in [7, 11) is 1.65. The number of hydrogen-bond donors (Lipinski definition) is 1. The third-order valence-corrected chi connectivity index (χ3v) is 3.38. The number of halogens is 1. The van der Waals surface area contributed by atoms with Gasteiger partial charge in [-0.3, -0.25) is 0 Å². The average molecular weight is 296 g/mol. The molecule has 2 aromatic rings. The van der Waals surface area contributed by atoms with Crippen molar-refractivity contribution < 1.29 is 9.26 Å². The van der Waals surface area contributed by atoms with Gasteiger partial charge in [-0.2, -0.15) is 4.98 Å². The van der Waals surface area contributed by atoms with E-state index in [1.165, 1.54) is 12.8 Å². The van der Waals surface area contributed by atoms with Crippen molar-refractivity contribution in [1.82, 2.24) is 15.5 Å². The van der Waals surface area contributed by atoms with Crippen LogP contribution in [0.15, 0.2) is 28.8 Å². The topological polar surface area (TPSA) is 60.2 Å². The van der Waals surface area contributed by atoms with E-state index in [-0.39, 0.29) is 18.4 Å². The van der Waals surface area contributed by atoms with Crippen LogP contribution in [0.5, 0.6) is 5.75 Å². The fourth-order valence-electron chi connectivity index (χ4n) is 2.32. The van der Waals surface area contributed by atoms with E-state index in [0.29, 0.717) is 11.7 Å². The Morgan fingerprint density at radius 3 is 3.00 bits per heavy atom. The van der Waals surface area contributed by atoms with E-state index in [4.69, 9.17) is 9.26 Å². The molecule has 1 aromatic heterocycles. The maximum absolute atomic E-state index is 5.37. The van der Waals surface area contributed by atoms with Gasteiger partial charge in [0.1, 0.15) is 5.75 Å². The quantitative estimate of drug-likeness (QED) is 0.943. The molecular formula is C14H18ClN3O2. The maximum atomic E-state index is 5.37.